The van der Waals surface area contributed by atoms with Crippen LogP contribution in [0.15, 0.2) is 0 Å². The number of hydrogen-bond donors (Lipinski definition) is 0. The highest BCUT2D eigenvalue weighted by atomic mass is 32.2. The number of carbonyl (C=O) groups excluding carboxylic acids is 2. The van der Waals surface area contributed by atoms with Gasteiger partial charge in [0, 0.05) is 18.3 Å². The highest BCUT2D eigenvalue weighted by Gasteiger charge is 2.25. The Labute approximate surface area is 126 Å². The lowest BCUT2D eigenvalue weighted by molar-refractivity contribution is -0.140. The molecule has 0 bridgehead atoms. The molecule has 0 saturated heterocycles. The maximum Gasteiger partial charge on any atom is 0.306 e. The Bertz CT molecular complexity index is 327. The predicted octanol–water partition coefficient (Wildman–Crippen LogP) is 2.71. The minimum absolute atomic E-state index is 0.117. The van der Waals surface area contributed by atoms with Gasteiger partial charge >= 0.3 is 5.97 Å². The Morgan fingerprint density at radius 1 is 1.30 bits per heavy atom. The number of carbonyl (C=O) groups is 2. The molecule has 1 fully saturated rings. The first-order chi connectivity index (χ1) is 9.43. The van der Waals surface area contributed by atoms with Gasteiger partial charge in [-0.2, -0.15) is 0 Å². The van der Waals surface area contributed by atoms with Crippen molar-refractivity contribution in [1.29, 1.82) is 0 Å². The Hall–Kier alpha value is -0.710. The van der Waals surface area contributed by atoms with Gasteiger partial charge in [-0.05, 0) is 31.6 Å². The number of amides is 1. The average molecular weight is 301 g/mol. The molecule has 0 heterocycles. The van der Waals surface area contributed by atoms with Gasteiger partial charge in [-0.1, -0.05) is 13.8 Å². The molecule has 0 aliphatic heterocycles. The van der Waals surface area contributed by atoms with Gasteiger partial charge in [-0.3, -0.25) is 9.59 Å². The number of esters is 1. The highest BCUT2D eigenvalue weighted by molar-refractivity contribution is 8.00. The van der Waals surface area contributed by atoms with Gasteiger partial charge in [0.1, 0.15) is 0 Å². The fraction of sp³-hybridized carbons (Fsp3) is 0.867. The molecule has 1 atom stereocenters. The van der Waals surface area contributed by atoms with Crippen LogP contribution in [-0.2, 0) is 14.3 Å². The first-order valence-corrected chi connectivity index (χ1v) is 8.43. The van der Waals surface area contributed by atoms with E-state index in [1.54, 1.807) is 0 Å². The van der Waals surface area contributed by atoms with Gasteiger partial charge < -0.3 is 9.64 Å². The van der Waals surface area contributed by atoms with Crippen LogP contribution in [0.1, 0.15) is 46.0 Å². The summed E-state index contributed by atoms with van der Waals surface area (Å²) < 4.78 is 4.63. The summed E-state index contributed by atoms with van der Waals surface area (Å²) in [7, 11) is 3.30. The van der Waals surface area contributed by atoms with Gasteiger partial charge in [0.2, 0.25) is 5.91 Å². The lowest BCUT2D eigenvalue weighted by atomic mass is 9.87. The van der Waals surface area contributed by atoms with Crippen LogP contribution < -0.4 is 0 Å². The van der Waals surface area contributed by atoms with E-state index >= 15 is 0 Å². The number of rotatable bonds is 6. The molecule has 0 N–H and O–H groups in total. The van der Waals surface area contributed by atoms with Crippen LogP contribution in [-0.4, -0.2) is 48.0 Å². The van der Waals surface area contributed by atoms with E-state index in [1.807, 2.05) is 18.9 Å². The summed E-state index contributed by atoms with van der Waals surface area (Å²) in [6.45, 7) is 4.24. The normalized spacial score (nSPS) is 24.0. The van der Waals surface area contributed by atoms with Gasteiger partial charge in [-0.25, -0.2) is 0 Å². The second-order valence-electron chi connectivity index (χ2n) is 5.82. The van der Waals surface area contributed by atoms with Gasteiger partial charge in [-0.15, -0.1) is 11.8 Å². The quantitative estimate of drug-likeness (QED) is 0.708. The van der Waals surface area contributed by atoms with E-state index in [2.05, 4.69) is 11.7 Å². The summed E-state index contributed by atoms with van der Waals surface area (Å²) in [5, 5.41) is 0.117. The molecule has 0 aromatic heterocycles. The summed E-state index contributed by atoms with van der Waals surface area (Å²) in [5.74, 6) is 1.20. The molecule has 116 valence electrons. The topological polar surface area (TPSA) is 46.6 Å². The van der Waals surface area contributed by atoms with Gasteiger partial charge in [0.25, 0.3) is 0 Å². The van der Waals surface area contributed by atoms with E-state index < -0.39 is 0 Å². The SMILES string of the molecule is COC(=O)CC(C)SCC(=O)N(C)C1CCC(C)CC1. The zero-order valence-electron chi connectivity index (χ0n) is 13.1. The van der Waals surface area contributed by atoms with Crippen LogP contribution in [0.5, 0.6) is 0 Å². The molecule has 4 nitrogen and oxygen atoms in total. The lowest BCUT2D eigenvalue weighted by Crippen LogP contribution is -2.40. The van der Waals surface area contributed by atoms with Crippen LogP contribution in [0, 0.1) is 5.92 Å². The van der Waals surface area contributed by atoms with E-state index in [-0.39, 0.29) is 17.1 Å². The number of ether oxygens (including phenoxy) is 1. The molecule has 5 heteroatoms. The fourth-order valence-electron chi connectivity index (χ4n) is 2.53. The van der Waals surface area contributed by atoms with E-state index in [1.165, 1.54) is 31.7 Å². The van der Waals surface area contributed by atoms with Crippen molar-refractivity contribution in [3.05, 3.63) is 0 Å². The van der Waals surface area contributed by atoms with E-state index in [9.17, 15) is 9.59 Å². The third-order valence-electron chi connectivity index (χ3n) is 4.10. The van der Waals surface area contributed by atoms with Gasteiger partial charge in [0.15, 0.2) is 0 Å². The summed E-state index contributed by atoms with van der Waals surface area (Å²) in [6.07, 6.45) is 5.03. The molecule has 0 aromatic rings. The van der Waals surface area contributed by atoms with E-state index in [4.69, 9.17) is 0 Å². The lowest BCUT2D eigenvalue weighted by Gasteiger charge is -2.33. The van der Waals surface area contributed by atoms with Crippen molar-refractivity contribution in [2.45, 2.75) is 57.2 Å². The zero-order valence-corrected chi connectivity index (χ0v) is 13.9. The molecule has 1 amide bonds. The van der Waals surface area contributed by atoms with Crippen molar-refractivity contribution in [1.82, 2.24) is 4.90 Å². The summed E-state index contributed by atoms with van der Waals surface area (Å²) in [6, 6.07) is 0.398. The van der Waals surface area contributed by atoms with Crippen molar-refractivity contribution in [3.8, 4) is 0 Å². The van der Waals surface area contributed by atoms with Crippen LogP contribution >= 0.6 is 11.8 Å². The maximum absolute atomic E-state index is 12.2. The molecular weight excluding hydrogens is 274 g/mol. The predicted molar refractivity (Wildman–Crippen MR) is 82.7 cm³/mol. The Kier molecular flexibility index (Phi) is 7.41. The monoisotopic (exact) mass is 301 g/mol. The van der Waals surface area contributed by atoms with Crippen molar-refractivity contribution in [3.63, 3.8) is 0 Å². The zero-order chi connectivity index (χ0) is 15.1. The molecule has 1 aliphatic rings. The molecular formula is C15H27NO3S. The van der Waals surface area contributed by atoms with Crippen LogP contribution in [0.2, 0.25) is 0 Å². The van der Waals surface area contributed by atoms with Gasteiger partial charge in [0.05, 0.1) is 19.3 Å². The maximum atomic E-state index is 12.2. The van der Waals surface area contributed by atoms with Crippen LogP contribution in [0.25, 0.3) is 0 Å². The van der Waals surface area contributed by atoms with Crippen molar-refractivity contribution < 1.29 is 14.3 Å². The average Bonchev–Trinajstić information content (AvgIpc) is 2.44. The van der Waals surface area contributed by atoms with E-state index in [0.29, 0.717) is 18.2 Å². The van der Waals surface area contributed by atoms with Crippen molar-refractivity contribution in [2.75, 3.05) is 19.9 Å². The number of nitrogens with zero attached hydrogens (tertiary/aromatic N) is 1. The Balaban J connectivity index is 2.29. The number of methoxy groups -OCH3 is 1. The molecule has 1 saturated carbocycles. The largest absolute Gasteiger partial charge is 0.469 e. The Morgan fingerprint density at radius 2 is 1.90 bits per heavy atom. The Morgan fingerprint density at radius 3 is 2.45 bits per heavy atom. The van der Waals surface area contributed by atoms with E-state index in [0.717, 1.165) is 18.8 Å². The second kappa shape index (κ2) is 8.55. The van der Waals surface area contributed by atoms with Crippen molar-refractivity contribution in [2.24, 2.45) is 5.92 Å². The molecule has 0 radical (unpaired) electrons. The first-order valence-electron chi connectivity index (χ1n) is 7.38. The smallest absolute Gasteiger partial charge is 0.306 e. The summed E-state index contributed by atoms with van der Waals surface area (Å²) in [5.41, 5.74) is 0. The summed E-state index contributed by atoms with van der Waals surface area (Å²) in [4.78, 5) is 25.2. The second-order valence-corrected chi connectivity index (χ2v) is 7.25. The third kappa shape index (κ3) is 5.73. The molecule has 0 spiro atoms. The molecule has 0 aromatic carbocycles. The van der Waals surface area contributed by atoms with Crippen LogP contribution in [0.4, 0.5) is 0 Å². The minimum Gasteiger partial charge on any atom is -0.469 e. The van der Waals surface area contributed by atoms with Crippen LogP contribution in [0.3, 0.4) is 0 Å². The molecule has 1 unspecified atom stereocenters. The summed E-state index contributed by atoms with van der Waals surface area (Å²) >= 11 is 1.53. The minimum atomic E-state index is -0.216. The third-order valence-corrected chi connectivity index (χ3v) is 5.25. The standard InChI is InChI=1S/C15H27NO3S/c1-11-5-7-13(8-6-11)16(3)14(17)10-20-12(2)9-15(18)19-4/h11-13H,5-10H2,1-4H3. The molecule has 20 heavy (non-hydrogen) atoms. The highest BCUT2D eigenvalue weighted by Crippen LogP contribution is 2.27. The molecule has 1 aliphatic carbocycles. The number of hydrogen-bond acceptors (Lipinski definition) is 4. The fourth-order valence-corrected chi connectivity index (χ4v) is 3.41. The molecule has 1 rings (SSSR count). The van der Waals surface area contributed by atoms with Crippen molar-refractivity contribution >= 4 is 23.6 Å². The number of thioether (sulfide) groups is 1. The first kappa shape index (κ1) is 17.3.